The fraction of sp³-hybridized carbons (Fsp3) is 1.00. The Hall–Kier alpha value is 0.310. The maximum Gasteiger partial charge on any atom is 0.0581 e. The molecule has 0 spiro atoms. The average Bonchev–Trinajstić information content (AvgIpc) is 1.77. The molecule has 1 aliphatic rings. The molecule has 0 saturated carbocycles. The van der Waals surface area contributed by atoms with E-state index in [2.05, 4.69) is 6.92 Å². The molecule has 0 bridgehead atoms. The van der Waals surface area contributed by atoms with E-state index >= 15 is 0 Å². The molecule has 0 unspecified atom stereocenters. The van der Waals surface area contributed by atoms with Gasteiger partial charge in [-0.3, -0.25) is 0 Å². The molecule has 0 amide bonds. The third-order valence-electron chi connectivity index (χ3n) is 1.60. The van der Waals surface area contributed by atoms with Gasteiger partial charge in [-0.05, 0) is 23.8 Å². The molecule has 8 heavy (non-hydrogen) atoms. The molecule has 2 heteroatoms. The van der Waals surface area contributed by atoms with E-state index in [9.17, 15) is 0 Å². The highest BCUT2D eigenvalue weighted by molar-refractivity contribution is 7.99. The van der Waals surface area contributed by atoms with Crippen LogP contribution in [0.2, 0.25) is 0 Å². The van der Waals surface area contributed by atoms with Crippen LogP contribution in [-0.4, -0.2) is 22.7 Å². The predicted molar refractivity (Wildman–Crippen MR) is 37.1 cm³/mol. The van der Waals surface area contributed by atoms with Crippen LogP contribution in [0.1, 0.15) is 13.3 Å². The van der Waals surface area contributed by atoms with Crippen LogP contribution < -0.4 is 0 Å². The molecule has 48 valence electrons. The van der Waals surface area contributed by atoms with E-state index in [4.69, 9.17) is 5.11 Å². The highest BCUT2D eigenvalue weighted by Crippen LogP contribution is 2.21. The van der Waals surface area contributed by atoms with Crippen molar-refractivity contribution in [2.45, 2.75) is 19.4 Å². The summed E-state index contributed by atoms with van der Waals surface area (Å²) >= 11 is 1.95. The molecule has 0 aromatic heterocycles. The van der Waals surface area contributed by atoms with E-state index in [0.717, 1.165) is 17.9 Å². The Balaban J connectivity index is 2.28. The van der Waals surface area contributed by atoms with Gasteiger partial charge in [-0.25, -0.2) is 0 Å². The van der Waals surface area contributed by atoms with Crippen molar-refractivity contribution in [3.63, 3.8) is 0 Å². The van der Waals surface area contributed by atoms with Gasteiger partial charge < -0.3 is 5.11 Å². The molecule has 0 radical (unpaired) electrons. The summed E-state index contributed by atoms with van der Waals surface area (Å²) in [4.78, 5) is 0. The van der Waals surface area contributed by atoms with Gasteiger partial charge in [-0.2, -0.15) is 11.8 Å². The lowest BCUT2D eigenvalue weighted by atomic mass is 10.1. The first kappa shape index (κ1) is 6.43. The van der Waals surface area contributed by atoms with Gasteiger partial charge in [-0.1, -0.05) is 6.92 Å². The van der Waals surface area contributed by atoms with Gasteiger partial charge in [0.05, 0.1) is 6.10 Å². The Morgan fingerprint density at radius 1 is 1.62 bits per heavy atom. The third-order valence-corrected chi connectivity index (χ3v) is 2.88. The van der Waals surface area contributed by atoms with Crippen LogP contribution in [0.4, 0.5) is 0 Å². The average molecular weight is 132 g/mol. The van der Waals surface area contributed by atoms with E-state index in [0.29, 0.717) is 5.92 Å². The van der Waals surface area contributed by atoms with Crippen LogP contribution in [0, 0.1) is 5.92 Å². The molecule has 1 aliphatic heterocycles. The minimum Gasteiger partial charge on any atom is -0.393 e. The summed E-state index contributed by atoms with van der Waals surface area (Å²) in [5.74, 6) is 2.81. The molecular weight excluding hydrogens is 120 g/mol. The zero-order chi connectivity index (χ0) is 5.98. The van der Waals surface area contributed by atoms with Crippen molar-refractivity contribution in [1.82, 2.24) is 0 Å². The first-order valence-electron chi connectivity index (χ1n) is 3.06. The van der Waals surface area contributed by atoms with Crippen LogP contribution in [0.25, 0.3) is 0 Å². The molecular formula is C6H12OS. The summed E-state index contributed by atoms with van der Waals surface area (Å²) in [6, 6.07) is 0. The van der Waals surface area contributed by atoms with Gasteiger partial charge in [0, 0.05) is 0 Å². The van der Waals surface area contributed by atoms with E-state index in [-0.39, 0.29) is 6.10 Å². The lowest BCUT2D eigenvalue weighted by Crippen LogP contribution is -2.24. The maximum absolute atomic E-state index is 9.16. The summed E-state index contributed by atoms with van der Waals surface area (Å²) < 4.78 is 0. The number of hydrogen-bond acceptors (Lipinski definition) is 2. The van der Waals surface area contributed by atoms with Gasteiger partial charge in [0.2, 0.25) is 0 Å². The molecule has 0 aromatic carbocycles. The van der Waals surface area contributed by atoms with Crippen LogP contribution >= 0.6 is 11.8 Å². The second-order valence-electron chi connectivity index (χ2n) is 2.41. The Morgan fingerprint density at radius 2 is 2.38 bits per heavy atom. The first-order valence-corrected chi connectivity index (χ1v) is 4.22. The third kappa shape index (κ3) is 1.39. The van der Waals surface area contributed by atoms with Gasteiger partial charge in [0.25, 0.3) is 0 Å². The van der Waals surface area contributed by atoms with Crippen molar-refractivity contribution in [3.8, 4) is 0 Å². The molecule has 1 nitrogen and oxygen atoms in total. The fourth-order valence-corrected chi connectivity index (χ4v) is 2.04. The van der Waals surface area contributed by atoms with Crippen LogP contribution in [0.15, 0.2) is 0 Å². The predicted octanol–water partition coefficient (Wildman–Crippen LogP) is 1.12. The quantitative estimate of drug-likeness (QED) is 0.533. The Morgan fingerprint density at radius 3 is 2.75 bits per heavy atom. The normalized spacial score (nSPS) is 39.8. The van der Waals surface area contributed by atoms with Gasteiger partial charge in [0.1, 0.15) is 0 Å². The SMILES string of the molecule is C[C@H]1CSCC[C@@H]1O. The zero-order valence-electron chi connectivity index (χ0n) is 5.13. The number of aliphatic hydroxyl groups is 1. The lowest BCUT2D eigenvalue weighted by molar-refractivity contribution is 0.121. The van der Waals surface area contributed by atoms with Crippen LogP contribution in [0.3, 0.4) is 0 Å². The van der Waals surface area contributed by atoms with Crippen molar-refractivity contribution < 1.29 is 5.11 Å². The highest BCUT2D eigenvalue weighted by atomic mass is 32.2. The molecule has 2 atom stereocenters. The van der Waals surface area contributed by atoms with Crippen LogP contribution in [0.5, 0.6) is 0 Å². The number of rotatable bonds is 0. The number of aliphatic hydroxyl groups excluding tert-OH is 1. The molecule has 1 N–H and O–H groups in total. The molecule has 1 fully saturated rings. The summed E-state index contributed by atoms with van der Waals surface area (Å²) in [6.45, 7) is 2.11. The Bertz CT molecular complexity index is 64.9. The fourth-order valence-electron chi connectivity index (χ4n) is 0.869. The molecule has 1 saturated heterocycles. The number of thioether (sulfide) groups is 1. The summed E-state index contributed by atoms with van der Waals surface area (Å²) in [5, 5.41) is 9.16. The van der Waals surface area contributed by atoms with Crippen molar-refractivity contribution in [3.05, 3.63) is 0 Å². The molecule has 0 aliphatic carbocycles. The maximum atomic E-state index is 9.16. The largest absolute Gasteiger partial charge is 0.393 e. The van der Waals surface area contributed by atoms with Crippen LogP contribution in [-0.2, 0) is 0 Å². The zero-order valence-corrected chi connectivity index (χ0v) is 5.95. The van der Waals surface area contributed by atoms with Gasteiger partial charge >= 0.3 is 0 Å². The second kappa shape index (κ2) is 2.74. The van der Waals surface area contributed by atoms with E-state index in [1.165, 1.54) is 0 Å². The smallest absolute Gasteiger partial charge is 0.0581 e. The topological polar surface area (TPSA) is 20.2 Å². The van der Waals surface area contributed by atoms with E-state index < -0.39 is 0 Å². The molecule has 0 aromatic rings. The summed E-state index contributed by atoms with van der Waals surface area (Å²) in [5.41, 5.74) is 0. The van der Waals surface area contributed by atoms with Gasteiger partial charge in [0.15, 0.2) is 0 Å². The van der Waals surface area contributed by atoms with Crippen molar-refractivity contribution in [2.75, 3.05) is 11.5 Å². The summed E-state index contributed by atoms with van der Waals surface area (Å²) in [7, 11) is 0. The first-order chi connectivity index (χ1) is 3.80. The van der Waals surface area contributed by atoms with Gasteiger partial charge in [-0.15, -0.1) is 0 Å². The minimum absolute atomic E-state index is 0.0174. The van der Waals surface area contributed by atoms with E-state index in [1.54, 1.807) is 0 Å². The molecule has 1 heterocycles. The Kier molecular flexibility index (Phi) is 2.20. The highest BCUT2D eigenvalue weighted by Gasteiger charge is 2.17. The van der Waals surface area contributed by atoms with Crippen molar-refractivity contribution >= 4 is 11.8 Å². The second-order valence-corrected chi connectivity index (χ2v) is 3.56. The number of hydrogen-bond donors (Lipinski definition) is 1. The monoisotopic (exact) mass is 132 g/mol. The molecule has 1 rings (SSSR count). The Labute approximate surface area is 54.5 Å². The van der Waals surface area contributed by atoms with Crippen molar-refractivity contribution in [1.29, 1.82) is 0 Å². The summed E-state index contributed by atoms with van der Waals surface area (Å²) in [6.07, 6.45) is 0.975. The lowest BCUT2D eigenvalue weighted by Gasteiger charge is -2.22. The van der Waals surface area contributed by atoms with Crippen molar-refractivity contribution in [2.24, 2.45) is 5.92 Å². The van der Waals surface area contributed by atoms with E-state index in [1.807, 2.05) is 11.8 Å². The minimum atomic E-state index is -0.0174. The standard InChI is InChI=1S/C6H12OS/c1-5-4-8-3-2-6(5)7/h5-7H,2-4H2,1H3/t5-,6-/m0/s1.